The maximum Gasteiger partial charge on any atom is 0.308 e. The number of ether oxygens (including phenoxy) is 1. The second-order valence-corrected chi connectivity index (χ2v) is 11.6. The van der Waals surface area contributed by atoms with Crippen LogP contribution >= 0.6 is 23.2 Å². The number of aliphatic carboxylic acids is 1. The monoisotopic (exact) mass is 534 g/mol. The summed E-state index contributed by atoms with van der Waals surface area (Å²) in [5.41, 5.74) is -0.455. The fraction of sp³-hybridized carbons (Fsp3) is 0.481. The van der Waals surface area contributed by atoms with E-state index < -0.39 is 35.0 Å². The Hall–Kier alpha value is -2.64. The van der Waals surface area contributed by atoms with Crippen molar-refractivity contribution < 1.29 is 24.2 Å². The number of amides is 1. The Bertz CT molecular complexity index is 1130. The topological polar surface area (TPSA) is 96.8 Å². The largest absolute Gasteiger partial charge is 0.481 e. The summed E-state index contributed by atoms with van der Waals surface area (Å²) in [6.07, 6.45) is 1.43. The van der Waals surface area contributed by atoms with Crippen molar-refractivity contribution in [1.82, 2.24) is 9.88 Å². The third-order valence-electron chi connectivity index (χ3n) is 6.33. The van der Waals surface area contributed by atoms with Gasteiger partial charge in [0, 0.05) is 33.9 Å². The number of nitrogens with zero attached hydrogens (tertiary/aromatic N) is 2. The van der Waals surface area contributed by atoms with Crippen molar-refractivity contribution in [3.05, 3.63) is 63.9 Å². The first-order valence-electron chi connectivity index (χ1n) is 11.8. The standard InChI is InChI=1S/C27H32Cl2N2O5/c1-16(12-23(34)36-26(2,3)4)31-24(17-6-8-18(28)9-7-17)20(21-13-19(29)10-11-30-21)14-27(5,25(31)35)15-22(32)33/h6-11,13,16,20,24H,12,14-15H2,1-5H3,(H,32,33). The molecule has 0 bridgehead atoms. The number of carboxylic acid groups (broad SMARTS) is 1. The predicted molar refractivity (Wildman–Crippen MR) is 138 cm³/mol. The number of hydrogen-bond acceptors (Lipinski definition) is 5. The van der Waals surface area contributed by atoms with E-state index in [9.17, 15) is 19.5 Å². The zero-order valence-corrected chi connectivity index (χ0v) is 22.6. The van der Waals surface area contributed by atoms with Crippen molar-refractivity contribution in [2.24, 2.45) is 5.41 Å². The van der Waals surface area contributed by atoms with Gasteiger partial charge in [0.05, 0.1) is 24.3 Å². The number of pyridine rings is 1. The number of halogens is 2. The summed E-state index contributed by atoms with van der Waals surface area (Å²) in [5.74, 6) is -2.24. The van der Waals surface area contributed by atoms with Crippen molar-refractivity contribution in [2.75, 3.05) is 0 Å². The molecule has 36 heavy (non-hydrogen) atoms. The fourth-order valence-corrected chi connectivity index (χ4v) is 5.23. The minimum absolute atomic E-state index is 0.0497. The molecule has 4 atom stereocenters. The van der Waals surface area contributed by atoms with Crippen molar-refractivity contribution in [3.63, 3.8) is 0 Å². The van der Waals surface area contributed by atoms with Crippen LogP contribution in [-0.4, -0.2) is 44.5 Å². The van der Waals surface area contributed by atoms with Gasteiger partial charge in [-0.3, -0.25) is 19.4 Å². The average molecular weight is 535 g/mol. The van der Waals surface area contributed by atoms with E-state index >= 15 is 0 Å². The summed E-state index contributed by atoms with van der Waals surface area (Å²) in [5, 5.41) is 10.7. The molecule has 1 aromatic carbocycles. The number of carbonyl (C=O) groups is 3. The molecule has 0 saturated carbocycles. The van der Waals surface area contributed by atoms with Crippen LogP contribution in [0.5, 0.6) is 0 Å². The summed E-state index contributed by atoms with van der Waals surface area (Å²) in [4.78, 5) is 44.8. The van der Waals surface area contributed by atoms with Crippen LogP contribution in [0.2, 0.25) is 10.0 Å². The van der Waals surface area contributed by atoms with E-state index in [1.54, 1.807) is 70.0 Å². The van der Waals surface area contributed by atoms with E-state index in [1.807, 2.05) is 12.1 Å². The third-order valence-corrected chi connectivity index (χ3v) is 6.82. The Morgan fingerprint density at radius 2 is 1.83 bits per heavy atom. The fourth-order valence-electron chi connectivity index (χ4n) is 4.94. The van der Waals surface area contributed by atoms with Gasteiger partial charge in [0.2, 0.25) is 5.91 Å². The van der Waals surface area contributed by atoms with Gasteiger partial charge in [-0.1, -0.05) is 42.3 Å². The molecule has 1 aliphatic rings. The maximum atomic E-state index is 14.0. The number of aromatic nitrogens is 1. The summed E-state index contributed by atoms with van der Waals surface area (Å²) >= 11 is 12.4. The number of rotatable bonds is 7. The van der Waals surface area contributed by atoms with Crippen LogP contribution in [-0.2, 0) is 19.1 Å². The SMILES string of the molecule is CC(CC(=O)OC(C)(C)C)N1C(=O)C(C)(CC(=O)O)CC(c2cc(Cl)ccn2)C1c1ccc(Cl)cc1. The Labute approximate surface area is 221 Å². The highest BCUT2D eigenvalue weighted by Crippen LogP contribution is 2.51. The van der Waals surface area contributed by atoms with E-state index in [2.05, 4.69) is 4.98 Å². The molecule has 1 aliphatic heterocycles. The number of piperidine rings is 1. The van der Waals surface area contributed by atoms with Gasteiger partial charge in [-0.05, 0) is 63.9 Å². The van der Waals surface area contributed by atoms with Gasteiger partial charge in [-0.2, -0.15) is 0 Å². The molecule has 2 aromatic rings. The van der Waals surface area contributed by atoms with Crippen LogP contribution in [0.25, 0.3) is 0 Å². The smallest absolute Gasteiger partial charge is 0.308 e. The van der Waals surface area contributed by atoms with Crippen molar-refractivity contribution >= 4 is 41.0 Å². The molecule has 9 heteroatoms. The molecule has 1 aromatic heterocycles. The zero-order chi connectivity index (χ0) is 26.8. The van der Waals surface area contributed by atoms with Gasteiger partial charge < -0.3 is 14.7 Å². The van der Waals surface area contributed by atoms with Crippen LogP contribution in [0.3, 0.4) is 0 Å². The predicted octanol–water partition coefficient (Wildman–Crippen LogP) is 6.05. The molecule has 0 spiro atoms. The quantitative estimate of drug-likeness (QED) is 0.434. The van der Waals surface area contributed by atoms with Crippen molar-refractivity contribution in [1.29, 1.82) is 0 Å². The number of benzene rings is 1. The minimum Gasteiger partial charge on any atom is -0.481 e. The van der Waals surface area contributed by atoms with Crippen LogP contribution in [0.1, 0.15) is 77.1 Å². The number of carbonyl (C=O) groups excluding carboxylic acids is 2. The molecule has 0 radical (unpaired) electrons. The highest BCUT2D eigenvalue weighted by Gasteiger charge is 2.52. The second kappa shape index (κ2) is 10.8. The lowest BCUT2D eigenvalue weighted by atomic mass is 9.68. The first-order valence-corrected chi connectivity index (χ1v) is 12.6. The van der Waals surface area contributed by atoms with Gasteiger partial charge >= 0.3 is 11.9 Å². The van der Waals surface area contributed by atoms with Gasteiger partial charge in [-0.15, -0.1) is 0 Å². The summed E-state index contributed by atoms with van der Waals surface area (Å²) in [7, 11) is 0. The Balaban J connectivity index is 2.15. The molecule has 7 nitrogen and oxygen atoms in total. The highest BCUT2D eigenvalue weighted by molar-refractivity contribution is 6.30. The number of carboxylic acids is 1. The zero-order valence-electron chi connectivity index (χ0n) is 21.1. The Kier molecular flexibility index (Phi) is 8.36. The Morgan fingerprint density at radius 1 is 1.19 bits per heavy atom. The second-order valence-electron chi connectivity index (χ2n) is 10.7. The third kappa shape index (κ3) is 6.56. The number of esters is 1. The molecule has 1 saturated heterocycles. The van der Waals surface area contributed by atoms with Gasteiger partial charge in [0.25, 0.3) is 0 Å². The van der Waals surface area contributed by atoms with Gasteiger partial charge in [-0.25, -0.2) is 0 Å². The molecule has 1 fully saturated rings. The summed E-state index contributed by atoms with van der Waals surface area (Å²) in [6, 6.07) is 9.45. The van der Waals surface area contributed by atoms with E-state index in [4.69, 9.17) is 27.9 Å². The Morgan fingerprint density at radius 3 is 2.39 bits per heavy atom. The first-order chi connectivity index (χ1) is 16.7. The minimum atomic E-state index is -1.22. The average Bonchev–Trinajstić information content (AvgIpc) is 2.74. The van der Waals surface area contributed by atoms with Crippen molar-refractivity contribution in [2.45, 2.75) is 77.5 Å². The lowest BCUT2D eigenvalue weighted by molar-refractivity contribution is -0.164. The molecule has 1 amide bonds. The van der Waals surface area contributed by atoms with E-state index in [1.165, 1.54) is 0 Å². The molecule has 2 heterocycles. The van der Waals surface area contributed by atoms with Gasteiger partial charge in [0.1, 0.15) is 5.60 Å². The lowest BCUT2D eigenvalue weighted by Gasteiger charge is -2.50. The maximum absolute atomic E-state index is 14.0. The molecule has 1 N–H and O–H groups in total. The first kappa shape index (κ1) is 27.9. The lowest BCUT2D eigenvalue weighted by Crippen LogP contribution is -2.56. The van der Waals surface area contributed by atoms with Crippen LogP contribution in [0, 0.1) is 5.41 Å². The van der Waals surface area contributed by atoms with Crippen LogP contribution in [0.15, 0.2) is 42.6 Å². The van der Waals surface area contributed by atoms with E-state index in [-0.39, 0.29) is 31.1 Å². The molecule has 0 aliphatic carbocycles. The molecular formula is C27H32Cl2N2O5. The van der Waals surface area contributed by atoms with Crippen LogP contribution in [0.4, 0.5) is 0 Å². The molecule has 194 valence electrons. The molecular weight excluding hydrogens is 503 g/mol. The summed E-state index contributed by atoms with van der Waals surface area (Å²) in [6.45, 7) is 8.78. The summed E-state index contributed by atoms with van der Waals surface area (Å²) < 4.78 is 5.52. The molecule has 3 rings (SSSR count). The highest BCUT2D eigenvalue weighted by atomic mass is 35.5. The molecule has 4 unspecified atom stereocenters. The number of likely N-dealkylation sites (tertiary alicyclic amines) is 1. The van der Waals surface area contributed by atoms with Gasteiger partial charge in [0.15, 0.2) is 0 Å². The number of hydrogen-bond donors (Lipinski definition) is 1. The normalized spacial score (nSPS) is 23.3. The van der Waals surface area contributed by atoms with Crippen molar-refractivity contribution in [3.8, 4) is 0 Å². The van der Waals surface area contributed by atoms with Crippen LogP contribution < -0.4 is 0 Å². The van der Waals surface area contributed by atoms with E-state index in [0.717, 1.165) is 5.56 Å². The van der Waals surface area contributed by atoms with E-state index in [0.29, 0.717) is 15.7 Å².